The minimum atomic E-state index is -0.0276. The number of nitrogen functional groups attached to an aromatic ring is 1. The first-order valence-electron chi connectivity index (χ1n) is 5.91. The second-order valence-corrected chi connectivity index (χ2v) is 6.08. The third-order valence-corrected chi connectivity index (χ3v) is 3.84. The Hall–Kier alpha value is -0.870. The van der Waals surface area contributed by atoms with Crippen LogP contribution in [0, 0.1) is 5.92 Å². The number of anilines is 2. The molecule has 0 saturated carbocycles. The smallest absolute Gasteiger partial charge is 0.225 e. The van der Waals surface area contributed by atoms with E-state index in [1.165, 1.54) is 0 Å². The lowest BCUT2D eigenvalue weighted by molar-refractivity contribution is -0.115. The van der Waals surface area contributed by atoms with E-state index in [1.807, 2.05) is 0 Å². The van der Waals surface area contributed by atoms with Crippen LogP contribution in [0.25, 0.3) is 0 Å². The van der Waals surface area contributed by atoms with Crippen molar-refractivity contribution in [3.8, 4) is 0 Å². The summed E-state index contributed by atoms with van der Waals surface area (Å²) in [6.07, 6.45) is 0.489. The molecule has 1 rings (SSSR count). The van der Waals surface area contributed by atoms with Gasteiger partial charge in [-0.15, -0.1) is 0 Å². The van der Waals surface area contributed by atoms with Crippen LogP contribution >= 0.6 is 23.4 Å². The molecule has 0 unspecified atom stereocenters. The summed E-state index contributed by atoms with van der Waals surface area (Å²) in [5.74, 6) is 2.53. The number of hydrogen-bond acceptors (Lipinski definition) is 3. The lowest BCUT2D eigenvalue weighted by atomic mass is 10.2. The largest absolute Gasteiger partial charge is 0.397 e. The number of rotatable bonds is 6. The molecule has 1 aromatic carbocycles. The second-order valence-electron chi connectivity index (χ2n) is 4.50. The molecule has 1 aromatic rings. The zero-order valence-corrected chi connectivity index (χ0v) is 12.3. The Morgan fingerprint density at radius 3 is 2.89 bits per heavy atom. The van der Waals surface area contributed by atoms with E-state index in [0.717, 1.165) is 11.5 Å². The third-order valence-electron chi connectivity index (χ3n) is 2.21. The van der Waals surface area contributed by atoms with Gasteiger partial charge in [-0.2, -0.15) is 11.8 Å². The average molecular weight is 287 g/mol. The summed E-state index contributed by atoms with van der Waals surface area (Å²) in [5.41, 5.74) is 6.87. The summed E-state index contributed by atoms with van der Waals surface area (Å²) in [6.45, 7) is 4.33. The zero-order chi connectivity index (χ0) is 13.5. The molecule has 0 heterocycles. The Kier molecular flexibility index (Phi) is 6.36. The minimum absolute atomic E-state index is 0.0276. The van der Waals surface area contributed by atoms with Crippen LogP contribution < -0.4 is 11.1 Å². The first-order chi connectivity index (χ1) is 8.49. The van der Waals surface area contributed by atoms with Crippen molar-refractivity contribution >= 4 is 40.6 Å². The quantitative estimate of drug-likeness (QED) is 0.620. The van der Waals surface area contributed by atoms with Gasteiger partial charge in [0.2, 0.25) is 5.91 Å². The van der Waals surface area contributed by atoms with Crippen molar-refractivity contribution < 1.29 is 4.79 Å². The van der Waals surface area contributed by atoms with Crippen LogP contribution in [0.5, 0.6) is 0 Å². The highest BCUT2D eigenvalue weighted by Crippen LogP contribution is 2.23. The number of carbonyl (C=O) groups excluding carboxylic acids is 1. The van der Waals surface area contributed by atoms with Crippen LogP contribution in [0.3, 0.4) is 0 Å². The molecule has 18 heavy (non-hydrogen) atoms. The van der Waals surface area contributed by atoms with Crippen molar-refractivity contribution in [2.75, 3.05) is 22.6 Å². The molecule has 0 atom stereocenters. The number of hydrogen-bond donors (Lipinski definition) is 2. The van der Waals surface area contributed by atoms with E-state index < -0.39 is 0 Å². The van der Waals surface area contributed by atoms with Crippen LogP contribution in [-0.2, 0) is 4.79 Å². The molecule has 0 aliphatic rings. The molecule has 0 aromatic heterocycles. The third kappa shape index (κ3) is 5.65. The zero-order valence-electron chi connectivity index (χ0n) is 10.7. The van der Waals surface area contributed by atoms with E-state index >= 15 is 0 Å². The molecule has 0 bridgehead atoms. The summed E-state index contributed by atoms with van der Waals surface area (Å²) >= 11 is 7.64. The molecule has 1 amide bonds. The molecule has 0 fully saturated rings. The average Bonchev–Trinajstić information content (AvgIpc) is 2.29. The van der Waals surface area contributed by atoms with E-state index in [9.17, 15) is 4.79 Å². The number of amides is 1. The Balaban J connectivity index is 2.38. The van der Waals surface area contributed by atoms with Crippen LogP contribution in [0.2, 0.25) is 5.02 Å². The van der Waals surface area contributed by atoms with Gasteiger partial charge in [-0.3, -0.25) is 4.79 Å². The molecule has 0 aliphatic heterocycles. The predicted octanol–water partition coefficient (Wildman–Crippen LogP) is 3.64. The van der Waals surface area contributed by atoms with Crippen molar-refractivity contribution in [2.24, 2.45) is 5.92 Å². The van der Waals surface area contributed by atoms with Crippen LogP contribution in [0.15, 0.2) is 18.2 Å². The van der Waals surface area contributed by atoms with Crippen LogP contribution in [0.4, 0.5) is 11.4 Å². The maximum atomic E-state index is 11.7. The highest BCUT2D eigenvalue weighted by atomic mass is 35.5. The van der Waals surface area contributed by atoms with E-state index in [2.05, 4.69) is 19.2 Å². The molecular formula is C13H19ClN2OS. The van der Waals surface area contributed by atoms with Gasteiger partial charge in [0, 0.05) is 17.2 Å². The fraction of sp³-hybridized carbons (Fsp3) is 0.462. The maximum Gasteiger partial charge on any atom is 0.225 e. The van der Waals surface area contributed by atoms with E-state index in [1.54, 1.807) is 30.0 Å². The molecule has 5 heteroatoms. The topological polar surface area (TPSA) is 55.1 Å². The van der Waals surface area contributed by atoms with Gasteiger partial charge in [-0.05, 0) is 29.9 Å². The Morgan fingerprint density at radius 2 is 2.22 bits per heavy atom. The standard InChI is InChI=1S/C13H19ClN2OS/c1-9(2)8-18-6-5-13(17)16-12-7-10(14)3-4-11(12)15/h3-4,7,9H,5-6,8,15H2,1-2H3,(H,16,17). The van der Waals surface area contributed by atoms with Gasteiger partial charge in [-0.25, -0.2) is 0 Å². The molecular weight excluding hydrogens is 268 g/mol. The number of halogens is 1. The first-order valence-corrected chi connectivity index (χ1v) is 7.45. The Labute approximate surface area is 117 Å². The fourth-order valence-corrected chi connectivity index (χ4v) is 2.47. The van der Waals surface area contributed by atoms with Crippen molar-refractivity contribution in [1.29, 1.82) is 0 Å². The van der Waals surface area contributed by atoms with Gasteiger partial charge in [-0.1, -0.05) is 25.4 Å². The fourth-order valence-electron chi connectivity index (χ4n) is 1.33. The van der Waals surface area contributed by atoms with Gasteiger partial charge in [0.05, 0.1) is 11.4 Å². The van der Waals surface area contributed by atoms with Crippen molar-refractivity contribution in [2.45, 2.75) is 20.3 Å². The minimum Gasteiger partial charge on any atom is -0.397 e. The summed E-state index contributed by atoms with van der Waals surface area (Å²) in [7, 11) is 0. The molecule has 0 saturated heterocycles. The SMILES string of the molecule is CC(C)CSCCC(=O)Nc1cc(Cl)ccc1N. The number of carbonyl (C=O) groups is 1. The summed E-state index contributed by atoms with van der Waals surface area (Å²) < 4.78 is 0. The van der Waals surface area contributed by atoms with Gasteiger partial charge in [0.25, 0.3) is 0 Å². The highest BCUT2D eigenvalue weighted by molar-refractivity contribution is 7.99. The van der Waals surface area contributed by atoms with Gasteiger partial charge in [0.1, 0.15) is 0 Å². The number of nitrogens with two attached hydrogens (primary N) is 1. The van der Waals surface area contributed by atoms with Crippen LogP contribution in [0.1, 0.15) is 20.3 Å². The van der Waals surface area contributed by atoms with Crippen LogP contribution in [-0.4, -0.2) is 17.4 Å². The summed E-state index contributed by atoms with van der Waals surface area (Å²) in [6, 6.07) is 5.05. The number of thioether (sulfide) groups is 1. The Bertz CT molecular complexity index is 410. The van der Waals surface area contributed by atoms with Gasteiger partial charge < -0.3 is 11.1 Å². The molecule has 0 radical (unpaired) electrons. The monoisotopic (exact) mass is 286 g/mol. The Morgan fingerprint density at radius 1 is 1.50 bits per heavy atom. The van der Waals surface area contributed by atoms with E-state index in [-0.39, 0.29) is 5.91 Å². The molecule has 3 N–H and O–H groups in total. The van der Waals surface area contributed by atoms with Gasteiger partial charge >= 0.3 is 0 Å². The maximum absolute atomic E-state index is 11.7. The number of benzene rings is 1. The van der Waals surface area contributed by atoms with Crippen molar-refractivity contribution in [1.82, 2.24) is 0 Å². The molecule has 0 aliphatic carbocycles. The summed E-state index contributed by atoms with van der Waals surface area (Å²) in [5, 5.41) is 3.34. The van der Waals surface area contributed by atoms with Crippen molar-refractivity contribution in [3.05, 3.63) is 23.2 Å². The van der Waals surface area contributed by atoms with E-state index in [4.69, 9.17) is 17.3 Å². The lowest BCUT2D eigenvalue weighted by Gasteiger charge is -2.09. The number of nitrogens with one attached hydrogen (secondary N) is 1. The molecule has 100 valence electrons. The predicted molar refractivity (Wildman–Crippen MR) is 81.3 cm³/mol. The molecule has 3 nitrogen and oxygen atoms in total. The van der Waals surface area contributed by atoms with E-state index in [0.29, 0.717) is 28.7 Å². The normalized spacial score (nSPS) is 10.7. The lowest BCUT2D eigenvalue weighted by Crippen LogP contribution is -2.13. The first kappa shape index (κ1) is 15.2. The second kappa shape index (κ2) is 7.54. The van der Waals surface area contributed by atoms with Gasteiger partial charge in [0.15, 0.2) is 0 Å². The van der Waals surface area contributed by atoms with Crippen molar-refractivity contribution in [3.63, 3.8) is 0 Å². The molecule has 0 spiro atoms. The summed E-state index contributed by atoms with van der Waals surface area (Å²) in [4.78, 5) is 11.7. The highest BCUT2D eigenvalue weighted by Gasteiger charge is 2.06.